The molecule has 2 aliphatic rings. The molecule has 0 saturated carbocycles. The molecule has 10 nitrogen and oxygen atoms in total. The maximum absolute atomic E-state index is 11.1. The lowest BCUT2D eigenvalue weighted by Gasteiger charge is -2.36. The summed E-state index contributed by atoms with van der Waals surface area (Å²) in [6.07, 6.45) is 2.52. The van der Waals surface area contributed by atoms with Gasteiger partial charge in [0.15, 0.2) is 22.8 Å². The third kappa shape index (κ3) is 3.17. The maximum atomic E-state index is 11.1. The summed E-state index contributed by atoms with van der Waals surface area (Å²) in [4.78, 5) is 2.15. The SMILES string of the molecule is COc1c2c(cc3c1C(CC(=NO)c1c(O)c(OC)c4occc4c1OC)N(C)CC3)OCO2. The highest BCUT2D eigenvalue weighted by Gasteiger charge is 2.36. The number of hydrogen-bond donors (Lipinski definition) is 2. The highest BCUT2D eigenvalue weighted by Crippen LogP contribution is 2.51. The Hall–Kier alpha value is -3.79. The maximum Gasteiger partial charge on any atom is 0.231 e. The minimum atomic E-state index is -0.241. The number of benzene rings is 2. The van der Waals surface area contributed by atoms with E-state index < -0.39 is 0 Å². The summed E-state index contributed by atoms with van der Waals surface area (Å²) in [5, 5.41) is 25.4. The minimum Gasteiger partial charge on any atom is -0.504 e. The van der Waals surface area contributed by atoms with Crippen molar-refractivity contribution in [1.29, 1.82) is 0 Å². The first-order chi connectivity index (χ1) is 16.5. The smallest absolute Gasteiger partial charge is 0.231 e. The summed E-state index contributed by atoms with van der Waals surface area (Å²) >= 11 is 0. The van der Waals surface area contributed by atoms with Crippen molar-refractivity contribution in [3.8, 4) is 34.5 Å². The lowest BCUT2D eigenvalue weighted by molar-refractivity contribution is 0.170. The first kappa shape index (κ1) is 22.0. The van der Waals surface area contributed by atoms with Gasteiger partial charge >= 0.3 is 0 Å². The van der Waals surface area contributed by atoms with Crippen LogP contribution >= 0.6 is 0 Å². The van der Waals surface area contributed by atoms with Crippen molar-refractivity contribution in [3.63, 3.8) is 0 Å². The molecule has 1 atom stereocenters. The predicted octanol–water partition coefficient (Wildman–Crippen LogP) is 3.69. The number of hydrogen-bond acceptors (Lipinski definition) is 10. The number of ether oxygens (including phenoxy) is 5. The fourth-order valence-corrected chi connectivity index (χ4v) is 4.96. The van der Waals surface area contributed by atoms with Crippen LogP contribution in [0.5, 0.6) is 34.5 Å². The van der Waals surface area contributed by atoms with Gasteiger partial charge in [0, 0.05) is 24.6 Å². The van der Waals surface area contributed by atoms with Gasteiger partial charge in [-0.3, -0.25) is 4.90 Å². The van der Waals surface area contributed by atoms with E-state index in [0.717, 1.165) is 24.1 Å². The van der Waals surface area contributed by atoms with Gasteiger partial charge in [0.25, 0.3) is 0 Å². The normalized spacial score (nSPS) is 17.6. The van der Waals surface area contributed by atoms with E-state index in [1.807, 2.05) is 13.1 Å². The molecule has 0 spiro atoms. The summed E-state index contributed by atoms with van der Waals surface area (Å²) in [6.45, 7) is 0.903. The summed E-state index contributed by atoms with van der Waals surface area (Å²) in [7, 11) is 6.50. The second kappa shape index (κ2) is 8.53. The second-order valence-electron chi connectivity index (χ2n) is 8.17. The van der Waals surface area contributed by atoms with Crippen molar-refractivity contribution in [2.24, 2.45) is 5.16 Å². The molecule has 0 amide bonds. The molecule has 0 bridgehead atoms. The zero-order valence-corrected chi connectivity index (χ0v) is 19.4. The molecule has 34 heavy (non-hydrogen) atoms. The number of aromatic hydroxyl groups is 1. The molecule has 0 aliphatic carbocycles. The standard InChI is InChI=1S/C24H26N2O8/c1-26-7-5-12-9-16-22(34-11-33-16)23(30-3)17(12)15(26)10-14(25-28)18-19(27)24(31-4)21-13(6-8-32-21)20(18)29-2/h6,8-9,15,27-28H,5,7,10-11H2,1-4H3. The van der Waals surface area contributed by atoms with Crippen LogP contribution < -0.4 is 23.7 Å². The molecular formula is C24H26N2O8. The highest BCUT2D eigenvalue weighted by atomic mass is 16.7. The van der Waals surface area contributed by atoms with Crippen LogP contribution in [0.1, 0.15) is 29.2 Å². The predicted molar refractivity (Wildman–Crippen MR) is 122 cm³/mol. The molecule has 180 valence electrons. The molecule has 0 radical (unpaired) electrons. The number of furan rings is 1. The number of rotatable bonds is 6. The zero-order valence-electron chi connectivity index (χ0n) is 19.4. The van der Waals surface area contributed by atoms with Crippen molar-refractivity contribution in [2.45, 2.75) is 18.9 Å². The van der Waals surface area contributed by atoms with Gasteiger partial charge in [-0.1, -0.05) is 5.16 Å². The summed E-state index contributed by atoms with van der Waals surface area (Å²) < 4.78 is 33.6. The largest absolute Gasteiger partial charge is 0.504 e. The number of oxime groups is 1. The van der Waals surface area contributed by atoms with Crippen LogP contribution in [0.25, 0.3) is 11.0 Å². The summed E-state index contributed by atoms with van der Waals surface area (Å²) in [5.74, 6) is 2.04. The van der Waals surface area contributed by atoms with Crippen molar-refractivity contribution in [3.05, 3.63) is 35.1 Å². The van der Waals surface area contributed by atoms with E-state index in [4.69, 9.17) is 28.1 Å². The molecule has 10 heteroatoms. The van der Waals surface area contributed by atoms with Crippen LogP contribution in [-0.2, 0) is 6.42 Å². The lowest BCUT2D eigenvalue weighted by Crippen LogP contribution is -2.34. The Balaban J connectivity index is 1.65. The third-order valence-corrected chi connectivity index (χ3v) is 6.55. The fourth-order valence-electron chi connectivity index (χ4n) is 4.96. The van der Waals surface area contributed by atoms with Crippen LogP contribution in [0, 0.1) is 0 Å². The van der Waals surface area contributed by atoms with Crippen molar-refractivity contribution >= 4 is 16.7 Å². The van der Waals surface area contributed by atoms with Crippen LogP contribution in [-0.4, -0.2) is 62.6 Å². The first-order valence-corrected chi connectivity index (χ1v) is 10.8. The molecule has 5 rings (SSSR count). The van der Waals surface area contributed by atoms with E-state index in [1.54, 1.807) is 13.2 Å². The Bertz CT molecular complexity index is 1280. The van der Waals surface area contributed by atoms with E-state index in [9.17, 15) is 10.3 Å². The van der Waals surface area contributed by atoms with Gasteiger partial charge < -0.3 is 38.4 Å². The fraction of sp³-hybridized carbons (Fsp3) is 0.375. The zero-order chi connectivity index (χ0) is 24.0. The van der Waals surface area contributed by atoms with Crippen LogP contribution in [0.4, 0.5) is 0 Å². The number of methoxy groups -OCH3 is 3. The van der Waals surface area contributed by atoms with Gasteiger partial charge in [0.05, 0.1) is 44.3 Å². The van der Waals surface area contributed by atoms with Crippen molar-refractivity contribution in [2.75, 3.05) is 41.7 Å². The molecule has 2 N–H and O–H groups in total. The quantitative estimate of drug-likeness (QED) is 0.316. The molecule has 2 aliphatic heterocycles. The van der Waals surface area contributed by atoms with Gasteiger partial charge in [0.2, 0.25) is 18.3 Å². The average molecular weight is 470 g/mol. The molecule has 1 aromatic heterocycles. The summed E-state index contributed by atoms with van der Waals surface area (Å²) in [5.41, 5.74) is 2.79. The second-order valence-corrected chi connectivity index (χ2v) is 8.17. The van der Waals surface area contributed by atoms with Gasteiger partial charge in [0.1, 0.15) is 5.75 Å². The Morgan fingerprint density at radius 2 is 1.91 bits per heavy atom. The van der Waals surface area contributed by atoms with Crippen molar-refractivity contribution in [1.82, 2.24) is 4.90 Å². The molecular weight excluding hydrogens is 444 g/mol. The van der Waals surface area contributed by atoms with Gasteiger partial charge in [-0.2, -0.15) is 0 Å². The van der Waals surface area contributed by atoms with E-state index in [2.05, 4.69) is 10.1 Å². The number of fused-ring (bicyclic) bond motifs is 3. The Morgan fingerprint density at radius 1 is 1.15 bits per heavy atom. The van der Waals surface area contributed by atoms with E-state index in [1.165, 1.54) is 20.5 Å². The third-order valence-electron chi connectivity index (χ3n) is 6.55. The van der Waals surface area contributed by atoms with Crippen LogP contribution in [0.3, 0.4) is 0 Å². The summed E-state index contributed by atoms with van der Waals surface area (Å²) in [6, 6.07) is 3.45. The van der Waals surface area contributed by atoms with Gasteiger partial charge in [-0.25, -0.2) is 0 Å². The first-order valence-electron chi connectivity index (χ1n) is 10.8. The number of phenols is 1. The number of phenolic OH excluding ortho intramolecular Hbond substituents is 1. The average Bonchev–Trinajstić information content (AvgIpc) is 3.51. The molecule has 3 aromatic rings. The highest BCUT2D eigenvalue weighted by molar-refractivity contribution is 6.11. The van der Waals surface area contributed by atoms with E-state index >= 15 is 0 Å². The number of likely N-dealkylation sites (N-methyl/N-ethyl adjacent to an activating group) is 1. The Labute approximate surface area is 195 Å². The van der Waals surface area contributed by atoms with E-state index in [0.29, 0.717) is 34.0 Å². The molecule has 3 heterocycles. The van der Waals surface area contributed by atoms with Gasteiger partial charge in [-0.05, 0) is 31.2 Å². The van der Waals surface area contributed by atoms with Crippen LogP contribution in [0.15, 0.2) is 28.0 Å². The number of nitrogens with zero attached hydrogens (tertiary/aromatic N) is 2. The van der Waals surface area contributed by atoms with E-state index in [-0.39, 0.29) is 42.0 Å². The Morgan fingerprint density at radius 3 is 2.62 bits per heavy atom. The minimum absolute atomic E-state index is 0.133. The molecule has 2 aromatic carbocycles. The molecule has 0 fully saturated rings. The molecule has 1 unspecified atom stereocenters. The molecule has 0 saturated heterocycles. The van der Waals surface area contributed by atoms with Gasteiger partial charge in [-0.15, -0.1) is 0 Å². The lowest BCUT2D eigenvalue weighted by atomic mass is 9.86. The van der Waals surface area contributed by atoms with Crippen LogP contribution in [0.2, 0.25) is 0 Å². The topological polar surface area (TPSA) is 115 Å². The Kier molecular flexibility index (Phi) is 5.52. The van der Waals surface area contributed by atoms with Crippen molar-refractivity contribution < 1.29 is 38.4 Å². The monoisotopic (exact) mass is 470 g/mol.